The Balaban J connectivity index is 2.37. The molecule has 1 aliphatic heterocycles. The Kier molecular flexibility index (Phi) is 8.09. The van der Waals surface area contributed by atoms with Crippen molar-refractivity contribution in [3.05, 3.63) is 0 Å². The van der Waals surface area contributed by atoms with E-state index in [1.165, 1.54) is 0 Å². The number of rotatable bonds is 9. The second-order valence-electron chi connectivity index (χ2n) is 6.17. The average molecular weight is 346 g/mol. The van der Waals surface area contributed by atoms with E-state index in [1.807, 2.05) is 0 Å². The number of aliphatic carboxylic acids is 1. The largest absolute Gasteiger partial charge is 0.481 e. The van der Waals surface area contributed by atoms with E-state index in [0.717, 1.165) is 0 Å². The number of carboxylic acids is 1. The fraction of sp³-hybridized carbons (Fsp3) is 0.800. The Hall–Kier alpha value is -1.71. The van der Waals surface area contributed by atoms with Crippen LogP contribution in [0.4, 0.5) is 0 Å². The van der Waals surface area contributed by atoms with Gasteiger partial charge in [-0.25, -0.2) is 0 Å². The highest BCUT2D eigenvalue weighted by molar-refractivity contribution is 5.77. The number of aliphatic hydroxyl groups excluding tert-OH is 2. The van der Waals surface area contributed by atoms with Gasteiger partial charge in [-0.1, -0.05) is 0 Å². The third-order valence-electron chi connectivity index (χ3n) is 3.59. The van der Waals surface area contributed by atoms with Crippen molar-refractivity contribution in [2.45, 2.75) is 70.0 Å². The van der Waals surface area contributed by atoms with E-state index in [-0.39, 0.29) is 50.1 Å². The molecule has 4 atom stereocenters. The highest BCUT2D eigenvalue weighted by atomic mass is 16.5. The molecule has 0 unspecified atom stereocenters. The summed E-state index contributed by atoms with van der Waals surface area (Å²) in [4.78, 5) is 33.7. The number of carboxylic acid groups (broad SMARTS) is 1. The predicted molar refractivity (Wildman–Crippen MR) is 83.1 cm³/mol. The zero-order valence-corrected chi connectivity index (χ0v) is 13.9. The smallest absolute Gasteiger partial charge is 0.303 e. The van der Waals surface area contributed by atoms with Crippen LogP contribution in [-0.2, 0) is 19.1 Å². The molecule has 5 N–H and O–H groups in total. The molecule has 1 heterocycles. The summed E-state index contributed by atoms with van der Waals surface area (Å²) in [7, 11) is 0. The number of hydrogen-bond acceptors (Lipinski definition) is 6. The number of aliphatic hydroxyl groups is 2. The number of ether oxygens (including phenoxy) is 1. The highest BCUT2D eigenvalue weighted by Gasteiger charge is 2.43. The monoisotopic (exact) mass is 346 g/mol. The second kappa shape index (κ2) is 9.55. The summed E-state index contributed by atoms with van der Waals surface area (Å²) in [6.45, 7) is 3.59. The second-order valence-corrected chi connectivity index (χ2v) is 6.17. The minimum absolute atomic E-state index is 0.0214. The zero-order valence-electron chi connectivity index (χ0n) is 13.9. The van der Waals surface area contributed by atoms with Crippen molar-refractivity contribution in [3.8, 4) is 0 Å². The Morgan fingerprint density at radius 1 is 1.04 bits per heavy atom. The van der Waals surface area contributed by atoms with Crippen molar-refractivity contribution in [2.75, 3.05) is 6.54 Å². The van der Waals surface area contributed by atoms with Gasteiger partial charge in [-0.3, -0.25) is 14.4 Å². The molecule has 1 rings (SSSR count). The summed E-state index contributed by atoms with van der Waals surface area (Å²) in [5.74, 6) is -1.62. The first-order valence-corrected chi connectivity index (χ1v) is 8.00. The van der Waals surface area contributed by atoms with Gasteiger partial charge in [-0.2, -0.15) is 0 Å². The van der Waals surface area contributed by atoms with Crippen LogP contribution in [0.2, 0.25) is 0 Å². The first-order valence-electron chi connectivity index (χ1n) is 8.00. The standard InChI is InChI=1S/C15H26N2O7/c1-8(2)17-12(19)6-9-14(22)15(23)10(24-9)7-16-11(18)4-3-5-13(20)21/h8-10,14-15,22-23H,3-7H2,1-2H3,(H,16,18)(H,17,19)(H,20,21)/t9-,10+,14+,15+/m0/s1. The van der Waals surface area contributed by atoms with Crippen LogP contribution >= 0.6 is 0 Å². The van der Waals surface area contributed by atoms with E-state index < -0.39 is 30.4 Å². The van der Waals surface area contributed by atoms with Gasteiger partial charge in [-0.05, 0) is 20.3 Å². The molecule has 0 spiro atoms. The molecule has 24 heavy (non-hydrogen) atoms. The number of carbonyl (C=O) groups is 3. The van der Waals surface area contributed by atoms with E-state index in [9.17, 15) is 24.6 Å². The van der Waals surface area contributed by atoms with Gasteiger partial charge < -0.3 is 30.7 Å². The molecule has 1 saturated heterocycles. The van der Waals surface area contributed by atoms with Crippen LogP contribution in [-0.4, -0.2) is 70.1 Å². The molecule has 9 heteroatoms. The zero-order chi connectivity index (χ0) is 18.3. The molecule has 0 aromatic carbocycles. The van der Waals surface area contributed by atoms with Crippen LogP contribution in [0.1, 0.15) is 39.5 Å². The summed E-state index contributed by atoms with van der Waals surface area (Å²) in [6.07, 6.45) is -3.99. The fourth-order valence-corrected chi connectivity index (χ4v) is 2.43. The molecule has 0 saturated carbocycles. The van der Waals surface area contributed by atoms with Gasteiger partial charge >= 0.3 is 5.97 Å². The molecule has 2 amide bonds. The van der Waals surface area contributed by atoms with Crippen molar-refractivity contribution in [2.24, 2.45) is 0 Å². The van der Waals surface area contributed by atoms with Gasteiger partial charge in [0.1, 0.15) is 18.3 Å². The number of nitrogens with one attached hydrogen (secondary N) is 2. The van der Waals surface area contributed by atoms with Crippen molar-refractivity contribution in [3.63, 3.8) is 0 Å². The van der Waals surface area contributed by atoms with E-state index in [4.69, 9.17) is 9.84 Å². The van der Waals surface area contributed by atoms with Crippen molar-refractivity contribution in [1.29, 1.82) is 0 Å². The SMILES string of the molecule is CC(C)NC(=O)C[C@@H]1O[C@H](CNC(=O)CCCC(=O)O)[C@@H](O)[C@@H]1O. The Labute approximate surface area is 140 Å². The Morgan fingerprint density at radius 2 is 1.67 bits per heavy atom. The Bertz CT molecular complexity index is 455. The lowest BCUT2D eigenvalue weighted by atomic mass is 10.1. The first-order chi connectivity index (χ1) is 11.2. The van der Waals surface area contributed by atoms with Crippen molar-refractivity contribution >= 4 is 17.8 Å². The summed E-state index contributed by atoms with van der Waals surface area (Å²) >= 11 is 0. The van der Waals surface area contributed by atoms with Gasteiger partial charge in [0, 0.05) is 25.4 Å². The van der Waals surface area contributed by atoms with Gasteiger partial charge in [0.25, 0.3) is 0 Å². The number of carbonyl (C=O) groups excluding carboxylic acids is 2. The molecule has 1 fully saturated rings. The van der Waals surface area contributed by atoms with E-state index in [1.54, 1.807) is 13.8 Å². The fourth-order valence-electron chi connectivity index (χ4n) is 2.43. The molecular weight excluding hydrogens is 320 g/mol. The minimum Gasteiger partial charge on any atom is -0.481 e. The lowest BCUT2D eigenvalue weighted by molar-refractivity contribution is -0.137. The lowest BCUT2D eigenvalue weighted by Gasteiger charge is -2.15. The molecule has 0 bridgehead atoms. The van der Waals surface area contributed by atoms with Gasteiger partial charge in [0.05, 0.1) is 12.5 Å². The van der Waals surface area contributed by atoms with Crippen molar-refractivity contribution in [1.82, 2.24) is 10.6 Å². The number of hydrogen-bond donors (Lipinski definition) is 5. The van der Waals surface area contributed by atoms with E-state index in [0.29, 0.717) is 0 Å². The van der Waals surface area contributed by atoms with Crippen molar-refractivity contribution < 1.29 is 34.4 Å². The molecule has 0 aromatic heterocycles. The summed E-state index contributed by atoms with van der Waals surface area (Å²) in [5, 5.41) is 33.6. The molecule has 0 radical (unpaired) electrons. The van der Waals surface area contributed by atoms with Gasteiger partial charge in [-0.15, -0.1) is 0 Å². The van der Waals surface area contributed by atoms with Gasteiger partial charge in [0.15, 0.2) is 0 Å². The molecule has 138 valence electrons. The molecular formula is C15H26N2O7. The normalized spacial score (nSPS) is 26.4. The van der Waals surface area contributed by atoms with Crippen LogP contribution in [0.25, 0.3) is 0 Å². The Morgan fingerprint density at radius 3 is 2.25 bits per heavy atom. The minimum atomic E-state index is -1.21. The van der Waals surface area contributed by atoms with E-state index >= 15 is 0 Å². The van der Waals surface area contributed by atoms with Crippen LogP contribution in [0.15, 0.2) is 0 Å². The summed E-state index contributed by atoms with van der Waals surface area (Å²) in [5.41, 5.74) is 0. The quantitative estimate of drug-likeness (QED) is 0.351. The van der Waals surface area contributed by atoms with Crippen LogP contribution in [0.5, 0.6) is 0 Å². The maximum Gasteiger partial charge on any atom is 0.303 e. The predicted octanol–water partition coefficient (Wildman–Crippen LogP) is -1.24. The molecule has 0 aliphatic carbocycles. The summed E-state index contributed by atoms with van der Waals surface area (Å²) < 4.78 is 5.46. The maximum absolute atomic E-state index is 11.7. The van der Waals surface area contributed by atoms with Crippen LogP contribution in [0, 0.1) is 0 Å². The lowest BCUT2D eigenvalue weighted by Crippen LogP contribution is -2.40. The van der Waals surface area contributed by atoms with Crippen LogP contribution < -0.4 is 10.6 Å². The molecule has 1 aliphatic rings. The first kappa shape index (κ1) is 20.3. The third kappa shape index (κ3) is 6.81. The van der Waals surface area contributed by atoms with E-state index in [2.05, 4.69) is 10.6 Å². The van der Waals surface area contributed by atoms with Crippen LogP contribution in [0.3, 0.4) is 0 Å². The molecule has 0 aromatic rings. The number of amides is 2. The third-order valence-corrected chi connectivity index (χ3v) is 3.59. The topological polar surface area (TPSA) is 145 Å². The molecule has 9 nitrogen and oxygen atoms in total. The summed E-state index contributed by atoms with van der Waals surface area (Å²) in [6, 6.07) is -0.0399. The van der Waals surface area contributed by atoms with Gasteiger partial charge in [0.2, 0.25) is 11.8 Å². The maximum atomic E-state index is 11.7. The highest BCUT2D eigenvalue weighted by Crippen LogP contribution is 2.23. The average Bonchev–Trinajstić information content (AvgIpc) is 2.72.